The molecule has 2 aromatic carbocycles. The van der Waals surface area contributed by atoms with Crippen LogP contribution < -0.4 is 0 Å². The van der Waals surface area contributed by atoms with Gasteiger partial charge in [0.15, 0.2) is 0 Å². The molecule has 1 atom stereocenters. The summed E-state index contributed by atoms with van der Waals surface area (Å²) in [4.78, 5) is 0. The number of rotatable bonds is 5. The maximum Gasteiger partial charge on any atom is 0.126 e. The molecule has 20 heavy (non-hydrogen) atoms. The Morgan fingerprint density at radius 2 is 1.85 bits per heavy atom. The SMILES string of the molecule is COCc1ccccc1C(O)Cc1cc(F)ccc1F. The second-order valence-electron chi connectivity index (χ2n) is 4.59. The fourth-order valence-electron chi connectivity index (χ4n) is 2.16. The van der Waals surface area contributed by atoms with Crippen LogP contribution in [0.3, 0.4) is 0 Å². The summed E-state index contributed by atoms with van der Waals surface area (Å²) < 4.78 is 31.8. The first kappa shape index (κ1) is 14.6. The van der Waals surface area contributed by atoms with Gasteiger partial charge in [0.25, 0.3) is 0 Å². The highest BCUT2D eigenvalue weighted by Gasteiger charge is 2.15. The Morgan fingerprint density at radius 3 is 2.60 bits per heavy atom. The van der Waals surface area contributed by atoms with Gasteiger partial charge in [-0.3, -0.25) is 0 Å². The van der Waals surface area contributed by atoms with E-state index in [4.69, 9.17) is 4.74 Å². The van der Waals surface area contributed by atoms with E-state index in [0.29, 0.717) is 12.2 Å². The lowest BCUT2D eigenvalue weighted by atomic mass is 9.97. The Hall–Kier alpha value is -1.78. The summed E-state index contributed by atoms with van der Waals surface area (Å²) in [5.74, 6) is -1.03. The van der Waals surface area contributed by atoms with E-state index in [-0.39, 0.29) is 12.0 Å². The Bertz CT molecular complexity index is 584. The molecule has 1 N–H and O–H groups in total. The van der Waals surface area contributed by atoms with Crippen LogP contribution in [-0.2, 0) is 17.8 Å². The number of aliphatic hydroxyl groups is 1. The predicted octanol–water partition coefficient (Wildman–Crippen LogP) is 3.39. The second-order valence-corrected chi connectivity index (χ2v) is 4.59. The lowest BCUT2D eigenvalue weighted by Crippen LogP contribution is -2.07. The van der Waals surface area contributed by atoms with Gasteiger partial charge in [0.05, 0.1) is 12.7 Å². The van der Waals surface area contributed by atoms with Gasteiger partial charge in [-0.2, -0.15) is 0 Å². The smallest absolute Gasteiger partial charge is 0.126 e. The van der Waals surface area contributed by atoms with E-state index >= 15 is 0 Å². The van der Waals surface area contributed by atoms with Crippen molar-refractivity contribution in [2.24, 2.45) is 0 Å². The molecule has 4 heteroatoms. The monoisotopic (exact) mass is 278 g/mol. The van der Waals surface area contributed by atoms with Crippen LogP contribution in [0.5, 0.6) is 0 Å². The zero-order valence-electron chi connectivity index (χ0n) is 11.1. The van der Waals surface area contributed by atoms with Crippen LogP contribution in [0.25, 0.3) is 0 Å². The van der Waals surface area contributed by atoms with Crippen molar-refractivity contribution >= 4 is 0 Å². The van der Waals surface area contributed by atoms with Crippen molar-refractivity contribution in [3.63, 3.8) is 0 Å². The van der Waals surface area contributed by atoms with Gasteiger partial charge in [-0.25, -0.2) is 8.78 Å². The van der Waals surface area contributed by atoms with E-state index < -0.39 is 17.7 Å². The molecule has 2 aromatic rings. The third kappa shape index (κ3) is 3.40. The summed E-state index contributed by atoms with van der Waals surface area (Å²) in [5.41, 5.74) is 1.65. The lowest BCUT2D eigenvalue weighted by molar-refractivity contribution is 0.160. The first-order valence-corrected chi connectivity index (χ1v) is 6.30. The number of benzene rings is 2. The van der Waals surface area contributed by atoms with Crippen LogP contribution in [0.15, 0.2) is 42.5 Å². The Morgan fingerprint density at radius 1 is 1.10 bits per heavy atom. The molecule has 0 saturated heterocycles. The molecule has 0 aliphatic heterocycles. The molecule has 0 amide bonds. The topological polar surface area (TPSA) is 29.5 Å². The largest absolute Gasteiger partial charge is 0.388 e. The molecule has 0 aliphatic carbocycles. The van der Waals surface area contributed by atoms with Crippen molar-refractivity contribution in [3.8, 4) is 0 Å². The zero-order chi connectivity index (χ0) is 14.5. The molecule has 0 aliphatic rings. The van der Waals surface area contributed by atoms with Gasteiger partial charge in [0.1, 0.15) is 11.6 Å². The van der Waals surface area contributed by atoms with Crippen molar-refractivity contribution in [3.05, 3.63) is 70.8 Å². The van der Waals surface area contributed by atoms with E-state index in [2.05, 4.69) is 0 Å². The first-order valence-electron chi connectivity index (χ1n) is 6.30. The molecule has 0 spiro atoms. The van der Waals surface area contributed by atoms with E-state index in [1.54, 1.807) is 19.2 Å². The molecule has 0 heterocycles. The highest BCUT2D eigenvalue weighted by molar-refractivity contribution is 5.30. The van der Waals surface area contributed by atoms with Gasteiger partial charge in [0.2, 0.25) is 0 Å². The van der Waals surface area contributed by atoms with E-state index in [1.165, 1.54) is 0 Å². The van der Waals surface area contributed by atoms with Gasteiger partial charge in [-0.1, -0.05) is 24.3 Å². The third-order valence-electron chi connectivity index (χ3n) is 3.13. The summed E-state index contributed by atoms with van der Waals surface area (Å²) in [5, 5.41) is 10.3. The number of methoxy groups -OCH3 is 1. The molecule has 2 nitrogen and oxygen atoms in total. The number of halogens is 2. The normalized spacial score (nSPS) is 12.4. The summed E-state index contributed by atoms with van der Waals surface area (Å²) in [6.45, 7) is 0.360. The summed E-state index contributed by atoms with van der Waals surface area (Å²) in [6.07, 6.45) is -0.887. The van der Waals surface area contributed by atoms with Crippen molar-refractivity contribution in [2.75, 3.05) is 7.11 Å². The molecule has 0 aromatic heterocycles. The lowest BCUT2D eigenvalue weighted by Gasteiger charge is -2.15. The zero-order valence-corrected chi connectivity index (χ0v) is 11.1. The maximum atomic E-state index is 13.6. The van der Waals surface area contributed by atoms with Crippen molar-refractivity contribution in [1.29, 1.82) is 0 Å². The number of ether oxygens (including phenoxy) is 1. The molecule has 2 rings (SSSR count). The predicted molar refractivity (Wildman–Crippen MR) is 72.2 cm³/mol. The summed E-state index contributed by atoms with van der Waals surface area (Å²) in [7, 11) is 1.56. The summed E-state index contributed by atoms with van der Waals surface area (Å²) >= 11 is 0. The van der Waals surface area contributed by atoms with E-state index in [9.17, 15) is 13.9 Å². The van der Waals surface area contributed by atoms with Gasteiger partial charge in [0, 0.05) is 13.5 Å². The Kier molecular flexibility index (Phi) is 4.82. The van der Waals surface area contributed by atoms with E-state index in [0.717, 1.165) is 23.8 Å². The second kappa shape index (κ2) is 6.59. The molecule has 0 fully saturated rings. The molecule has 0 radical (unpaired) electrons. The number of hydrogen-bond donors (Lipinski definition) is 1. The highest BCUT2D eigenvalue weighted by atomic mass is 19.1. The molecule has 0 bridgehead atoms. The molecule has 1 unspecified atom stereocenters. The standard InChI is InChI=1S/C16H16F2O2/c1-20-10-11-4-2-3-5-14(11)16(19)9-12-8-13(17)6-7-15(12)18/h2-8,16,19H,9-10H2,1H3. The van der Waals surface area contributed by atoms with Crippen molar-refractivity contribution < 1.29 is 18.6 Å². The quantitative estimate of drug-likeness (QED) is 0.908. The van der Waals surface area contributed by atoms with Crippen LogP contribution in [-0.4, -0.2) is 12.2 Å². The van der Waals surface area contributed by atoms with Crippen molar-refractivity contribution in [2.45, 2.75) is 19.1 Å². The minimum absolute atomic E-state index is 0.0182. The van der Waals surface area contributed by atoms with Crippen molar-refractivity contribution in [1.82, 2.24) is 0 Å². The van der Waals surface area contributed by atoms with Gasteiger partial charge >= 0.3 is 0 Å². The van der Waals surface area contributed by atoms with Crippen LogP contribution in [0, 0.1) is 11.6 Å². The fraction of sp³-hybridized carbons (Fsp3) is 0.250. The molecule has 0 saturated carbocycles. The molecule has 106 valence electrons. The number of hydrogen-bond acceptors (Lipinski definition) is 2. The van der Waals surface area contributed by atoms with Crippen LogP contribution in [0.1, 0.15) is 22.8 Å². The minimum atomic E-state index is -0.905. The highest BCUT2D eigenvalue weighted by Crippen LogP contribution is 2.24. The average Bonchev–Trinajstić information content (AvgIpc) is 2.44. The van der Waals surface area contributed by atoms with Crippen LogP contribution in [0.4, 0.5) is 8.78 Å². The van der Waals surface area contributed by atoms with Gasteiger partial charge < -0.3 is 9.84 Å². The van der Waals surface area contributed by atoms with Gasteiger partial charge in [-0.15, -0.1) is 0 Å². The Balaban J connectivity index is 2.23. The summed E-state index contributed by atoms with van der Waals surface area (Å²) in [6, 6.07) is 10.5. The first-order chi connectivity index (χ1) is 9.61. The Labute approximate surface area is 116 Å². The third-order valence-corrected chi connectivity index (χ3v) is 3.13. The average molecular weight is 278 g/mol. The van der Waals surface area contributed by atoms with Crippen LogP contribution >= 0.6 is 0 Å². The minimum Gasteiger partial charge on any atom is -0.388 e. The fourth-order valence-corrected chi connectivity index (χ4v) is 2.16. The van der Waals surface area contributed by atoms with E-state index in [1.807, 2.05) is 12.1 Å². The van der Waals surface area contributed by atoms with Crippen LogP contribution in [0.2, 0.25) is 0 Å². The molecular weight excluding hydrogens is 262 g/mol. The number of aliphatic hydroxyl groups excluding tert-OH is 1. The van der Waals surface area contributed by atoms with Gasteiger partial charge in [-0.05, 0) is 34.9 Å². The maximum absolute atomic E-state index is 13.6. The molecular formula is C16H16F2O2.